The predicted molar refractivity (Wildman–Crippen MR) is 165 cm³/mol. The lowest BCUT2D eigenvalue weighted by atomic mass is 9.99. The molecule has 9 nitrogen and oxygen atoms in total. The monoisotopic (exact) mass is 598 g/mol. The summed E-state index contributed by atoms with van der Waals surface area (Å²) in [6.45, 7) is 14.9. The Morgan fingerprint density at radius 3 is 1.50 bits per heavy atom. The van der Waals surface area contributed by atoms with Crippen molar-refractivity contribution in [3.05, 3.63) is 109 Å². The molecular weight excluding hydrogens is 564 g/mol. The average Bonchev–Trinajstić information content (AvgIpc) is 3.01. The van der Waals surface area contributed by atoms with Gasteiger partial charge in [-0.3, -0.25) is 0 Å². The molecule has 3 aromatic rings. The first-order chi connectivity index (χ1) is 21.0. The Balaban J connectivity index is 1.75. The molecule has 0 aliphatic rings. The van der Waals surface area contributed by atoms with E-state index < -0.39 is 23.9 Å². The maximum Gasteiger partial charge on any atom is 0.342 e. The van der Waals surface area contributed by atoms with Gasteiger partial charge in [-0.15, -0.1) is 0 Å². The number of carbonyl (C=O) groups is 4. The molecule has 0 saturated carbocycles. The Morgan fingerprint density at radius 1 is 0.545 bits per heavy atom. The highest BCUT2D eigenvalue weighted by Crippen LogP contribution is 2.30. The second kappa shape index (κ2) is 15.7. The first-order valence-electron chi connectivity index (χ1n) is 13.6. The predicted octanol–water partition coefficient (Wildman–Crippen LogP) is 6.28. The summed E-state index contributed by atoms with van der Waals surface area (Å²) in [5.74, 6) is -1.64. The van der Waals surface area contributed by atoms with Gasteiger partial charge in [0, 0.05) is 16.7 Å². The molecule has 0 spiro atoms. The van der Waals surface area contributed by atoms with E-state index >= 15 is 0 Å². The number of carbonyl (C=O) groups excluding carboxylic acids is 4. The topological polar surface area (TPSA) is 114 Å². The van der Waals surface area contributed by atoms with Gasteiger partial charge >= 0.3 is 23.9 Å². The Bertz CT molecular complexity index is 1560. The molecule has 0 aliphatic carbocycles. The summed E-state index contributed by atoms with van der Waals surface area (Å²) in [4.78, 5) is 47.9. The highest BCUT2D eigenvalue weighted by molar-refractivity contribution is 5.94. The van der Waals surface area contributed by atoms with Crippen LogP contribution in [0.15, 0.2) is 103 Å². The van der Waals surface area contributed by atoms with E-state index in [1.165, 1.54) is 13.8 Å². The van der Waals surface area contributed by atoms with Gasteiger partial charge < -0.3 is 23.7 Å². The molecular formula is C35H34O9. The van der Waals surface area contributed by atoms with Crippen molar-refractivity contribution in [2.75, 3.05) is 26.4 Å². The van der Waals surface area contributed by atoms with E-state index in [0.717, 1.165) is 22.3 Å². The molecule has 0 aromatic heterocycles. The summed E-state index contributed by atoms with van der Waals surface area (Å²) in [7, 11) is 0. The standard InChI is InChI=1S/C35H34O9/c1-22(2)32(36)41-18-17-40-31-21-28(13-16-30(31)35(39)43-20-19-42-33(37)23(3)4)27-9-7-25(8-10-27)26-11-14-29(15-12-26)44-34(38)24(5)6/h7-16,21H,1,3,5,17-20H2,2,4,6H3. The van der Waals surface area contributed by atoms with Crippen LogP contribution in [0.5, 0.6) is 11.5 Å². The van der Waals surface area contributed by atoms with Crippen molar-refractivity contribution >= 4 is 23.9 Å². The minimum Gasteiger partial charge on any atom is -0.489 e. The van der Waals surface area contributed by atoms with Crippen molar-refractivity contribution in [3.8, 4) is 33.8 Å². The van der Waals surface area contributed by atoms with Crippen molar-refractivity contribution in [2.45, 2.75) is 20.8 Å². The zero-order valence-electron chi connectivity index (χ0n) is 25.0. The Morgan fingerprint density at radius 2 is 0.977 bits per heavy atom. The maximum atomic E-state index is 12.9. The molecule has 0 heterocycles. The lowest BCUT2D eigenvalue weighted by Crippen LogP contribution is -2.16. The van der Waals surface area contributed by atoms with Crippen LogP contribution in [0.3, 0.4) is 0 Å². The minimum absolute atomic E-state index is 0.0183. The highest BCUT2D eigenvalue weighted by Gasteiger charge is 2.17. The molecule has 0 atom stereocenters. The van der Waals surface area contributed by atoms with E-state index in [9.17, 15) is 19.2 Å². The fraction of sp³-hybridized carbons (Fsp3) is 0.200. The largest absolute Gasteiger partial charge is 0.489 e. The van der Waals surface area contributed by atoms with Crippen LogP contribution in [0.1, 0.15) is 31.1 Å². The summed E-state index contributed by atoms with van der Waals surface area (Å²) in [5, 5.41) is 0. The number of esters is 4. The van der Waals surface area contributed by atoms with Gasteiger partial charge in [0.1, 0.15) is 43.5 Å². The molecule has 0 aliphatic heterocycles. The van der Waals surface area contributed by atoms with E-state index in [2.05, 4.69) is 19.7 Å². The lowest BCUT2D eigenvalue weighted by Gasteiger charge is -2.14. The van der Waals surface area contributed by atoms with Crippen molar-refractivity contribution in [2.24, 2.45) is 0 Å². The van der Waals surface area contributed by atoms with Gasteiger partial charge in [-0.25, -0.2) is 19.2 Å². The first kappa shape index (κ1) is 33.1. The molecule has 44 heavy (non-hydrogen) atoms. The summed E-state index contributed by atoms with van der Waals surface area (Å²) >= 11 is 0. The molecule has 0 saturated heterocycles. The van der Waals surface area contributed by atoms with Crippen LogP contribution < -0.4 is 9.47 Å². The van der Waals surface area contributed by atoms with Crippen LogP contribution in [0.25, 0.3) is 22.3 Å². The lowest BCUT2D eigenvalue weighted by molar-refractivity contribution is -0.140. The molecule has 3 aromatic carbocycles. The zero-order chi connectivity index (χ0) is 32.2. The van der Waals surface area contributed by atoms with Crippen molar-refractivity contribution in [1.29, 1.82) is 0 Å². The molecule has 3 rings (SSSR count). The molecule has 0 fully saturated rings. The van der Waals surface area contributed by atoms with Gasteiger partial charge in [-0.05, 0) is 67.3 Å². The van der Waals surface area contributed by atoms with Crippen molar-refractivity contribution in [3.63, 3.8) is 0 Å². The summed E-state index contributed by atoms with van der Waals surface area (Å²) in [6, 6.07) is 19.9. The quantitative estimate of drug-likeness (QED) is 0.0696. The Labute approximate surface area is 256 Å². The number of ether oxygens (including phenoxy) is 5. The number of hydrogen-bond acceptors (Lipinski definition) is 9. The van der Waals surface area contributed by atoms with Crippen LogP contribution in [-0.2, 0) is 28.6 Å². The van der Waals surface area contributed by atoms with Gasteiger partial charge in [-0.2, -0.15) is 0 Å². The second-order valence-electron chi connectivity index (χ2n) is 9.80. The second-order valence-corrected chi connectivity index (χ2v) is 9.80. The molecule has 9 heteroatoms. The number of hydrogen-bond donors (Lipinski definition) is 0. The third kappa shape index (κ3) is 9.55. The van der Waals surface area contributed by atoms with Crippen LogP contribution in [0, 0.1) is 0 Å². The van der Waals surface area contributed by atoms with Gasteiger partial charge in [-0.1, -0.05) is 62.2 Å². The third-order valence-electron chi connectivity index (χ3n) is 5.99. The minimum atomic E-state index is -0.676. The summed E-state index contributed by atoms with van der Waals surface area (Å²) in [5.41, 5.74) is 4.44. The molecule has 0 N–H and O–H groups in total. The molecule has 0 unspecified atom stereocenters. The summed E-state index contributed by atoms with van der Waals surface area (Å²) in [6.07, 6.45) is 0. The molecule has 0 bridgehead atoms. The molecule has 228 valence electrons. The van der Waals surface area contributed by atoms with E-state index in [0.29, 0.717) is 11.3 Å². The normalized spacial score (nSPS) is 10.2. The molecule has 0 radical (unpaired) electrons. The van der Waals surface area contributed by atoms with Gasteiger partial charge in [0.2, 0.25) is 0 Å². The van der Waals surface area contributed by atoms with Crippen LogP contribution >= 0.6 is 0 Å². The van der Waals surface area contributed by atoms with Gasteiger partial charge in [0.25, 0.3) is 0 Å². The van der Waals surface area contributed by atoms with Crippen LogP contribution in [0.2, 0.25) is 0 Å². The third-order valence-corrected chi connectivity index (χ3v) is 5.99. The van der Waals surface area contributed by atoms with Crippen molar-refractivity contribution < 1.29 is 42.9 Å². The van der Waals surface area contributed by atoms with Gasteiger partial charge in [0.05, 0.1) is 0 Å². The van der Waals surface area contributed by atoms with E-state index in [-0.39, 0.29) is 48.9 Å². The Hall–Kier alpha value is -5.44. The zero-order valence-corrected chi connectivity index (χ0v) is 25.0. The fourth-order valence-corrected chi connectivity index (χ4v) is 3.63. The molecule has 0 amide bonds. The average molecular weight is 599 g/mol. The number of benzene rings is 3. The van der Waals surface area contributed by atoms with E-state index in [4.69, 9.17) is 23.7 Å². The Kier molecular flexibility index (Phi) is 11.8. The smallest absolute Gasteiger partial charge is 0.342 e. The van der Waals surface area contributed by atoms with Crippen molar-refractivity contribution in [1.82, 2.24) is 0 Å². The van der Waals surface area contributed by atoms with Gasteiger partial charge in [0.15, 0.2) is 0 Å². The SMILES string of the molecule is C=C(C)C(=O)OCCOC(=O)c1ccc(-c2ccc(-c3ccc(OC(=O)C(=C)C)cc3)cc2)cc1OCCOC(=O)C(=C)C. The first-order valence-corrected chi connectivity index (χ1v) is 13.6. The summed E-state index contributed by atoms with van der Waals surface area (Å²) < 4.78 is 26.4. The number of rotatable bonds is 14. The maximum absolute atomic E-state index is 12.9. The van der Waals surface area contributed by atoms with Crippen LogP contribution in [-0.4, -0.2) is 50.3 Å². The van der Waals surface area contributed by atoms with Crippen LogP contribution in [0.4, 0.5) is 0 Å². The van der Waals surface area contributed by atoms with E-state index in [1.54, 1.807) is 37.3 Å². The highest BCUT2D eigenvalue weighted by atomic mass is 16.6. The van der Waals surface area contributed by atoms with E-state index in [1.807, 2.05) is 36.4 Å². The fourth-order valence-electron chi connectivity index (χ4n) is 3.63.